The van der Waals surface area contributed by atoms with Gasteiger partial charge >= 0.3 is 6.18 Å². The van der Waals surface area contributed by atoms with E-state index in [-0.39, 0.29) is 35.1 Å². The van der Waals surface area contributed by atoms with E-state index in [1.807, 2.05) is 6.07 Å². The third-order valence-corrected chi connectivity index (χ3v) is 4.77. The molecule has 0 saturated carbocycles. The second-order valence-corrected chi connectivity index (χ2v) is 6.97. The van der Waals surface area contributed by atoms with Gasteiger partial charge in [0.15, 0.2) is 0 Å². The lowest BCUT2D eigenvalue weighted by molar-refractivity contribution is -0.137. The van der Waals surface area contributed by atoms with Crippen LogP contribution in [0.4, 0.5) is 18.9 Å². The minimum Gasteiger partial charge on any atom is -0.489 e. The second kappa shape index (κ2) is 8.28. The number of nitriles is 1. The van der Waals surface area contributed by atoms with Gasteiger partial charge in [0.25, 0.3) is 10.0 Å². The Labute approximate surface area is 154 Å². The summed E-state index contributed by atoms with van der Waals surface area (Å²) in [6.07, 6.45) is -4.65. The first-order valence-corrected chi connectivity index (χ1v) is 9.01. The molecule has 144 valence electrons. The molecule has 2 aromatic rings. The van der Waals surface area contributed by atoms with Gasteiger partial charge in [0.05, 0.1) is 34.4 Å². The van der Waals surface area contributed by atoms with Gasteiger partial charge in [-0.05, 0) is 42.5 Å². The highest BCUT2D eigenvalue weighted by molar-refractivity contribution is 7.92. The Hall–Kier alpha value is -2.77. The molecular formula is C17H15F3N2O4S. The van der Waals surface area contributed by atoms with Crippen LogP contribution in [-0.2, 0) is 20.9 Å². The van der Waals surface area contributed by atoms with Crippen LogP contribution in [0.5, 0.6) is 5.75 Å². The maximum Gasteiger partial charge on any atom is 0.416 e. The molecule has 2 aromatic carbocycles. The fraction of sp³-hybridized carbons (Fsp3) is 0.235. The summed E-state index contributed by atoms with van der Waals surface area (Å²) in [5, 5.41) is 8.76. The monoisotopic (exact) mass is 400 g/mol. The number of hydrogen-bond acceptors (Lipinski definition) is 5. The predicted molar refractivity (Wildman–Crippen MR) is 90.8 cm³/mol. The molecule has 2 rings (SSSR count). The topological polar surface area (TPSA) is 88.4 Å². The van der Waals surface area contributed by atoms with E-state index in [0.29, 0.717) is 6.07 Å². The lowest BCUT2D eigenvalue weighted by Gasteiger charge is -2.16. The zero-order valence-corrected chi connectivity index (χ0v) is 14.9. The maximum atomic E-state index is 13.0. The Morgan fingerprint density at radius 3 is 2.33 bits per heavy atom. The van der Waals surface area contributed by atoms with Gasteiger partial charge in [-0.15, -0.1) is 0 Å². The first kappa shape index (κ1) is 20.5. The number of alkyl halides is 3. The van der Waals surface area contributed by atoms with Crippen LogP contribution in [0.2, 0.25) is 0 Å². The lowest BCUT2D eigenvalue weighted by atomic mass is 10.2. The normalized spacial score (nSPS) is 11.7. The van der Waals surface area contributed by atoms with Gasteiger partial charge in [0, 0.05) is 7.11 Å². The zero-order valence-electron chi connectivity index (χ0n) is 14.1. The quantitative estimate of drug-likeness (QED) is 0.720. The average molecular weight is 400 g/mol. The summed E-state index contributed by atoms with van der Waals surface area (Å²) in [6.45, 7) is 0.191. The standard InChI is InChI=1S/C17H15F3N2O4S/c1-25-8-9-26-16-7-4-13(17(18,19)20)10-15(16)22-27(23,24)14-5-2-12(11-21)3-6-14/h2-7,10,22H,8-9H2,1H3. The molecular weight excluding hydrogens is 385 g/mol. The Morgan fingerprint density at radius 2 is 1.78 bits per heavy atom. The Kier molecular flexibility index (Phi) is 6.30. The van der Waals surface area contributed by atoms with Crippen molar-refractivity contribution in [2.24, 2.45) is 0 Å². The maximum absolute atomic E-state index is 13.0. The van der Waals surface area contributed by atoms with E-state index in [0.717, 1.165) is 12.1 Å². The minimum absolute atomic E-state index is 0.0213. The highest BCUT2D eigenvalue weighted by Gasteiger charge is 2.32. The molecule has 0 unspecified atom stereocenters. The van der Waals surface area contributed by atoms with Crippen molar-refractivity contribution in [1.29, 1.82) is 5.26 Å². The summed E-state index contributed by atoms with van der Waals surface area (Å²) in [7, 11) is -2.77. The number of nitrogens with zero attached hydrogens (tertiary/aromatic N) is 1. The number of methoxy groups -OCH3 is 1. The van der Waals surface area contributed by atoms with Crippen molar-refractivity contribution in [2.45, 2.75) is 11.1 Å². The number of sulfonamides is 1. The molecule has 0 fully saturated rings. The molecule has 0 bridgehead atoms. The molecule has 6 nitrogen and oxygen atoms in total. The number of anilines is 1. The van der Waals surface area contributed by atoms with Crippen molar-refractivity contribution in [3.63, 3.8) is 0 Å². The summed E-state index contributed by atoms with van der Waals surface area (Å²) in [6, 6.07) is 9.27. The van der Waals surface area contributed by atoms with E-state index in [9.17, 15) is 21.6 Å². The van der Waals surface area contributed by atoms with Gasteiger partial charge in [-0.1, -0.05) is 0 Å². The number of ether oxygens (including phenoxy) is 2. The molecule has 10 heteroatoms. The van der Waals surface area contributed by atoms with E-state index in [1.165, 1.54) is 31.4 Å². The van der Waals surface area contributed by atoms with Crippen molar-refractivity contribution in [2.75, 3.05) is 25.0 Å². The Bertz CT molecular complexity index is 936. The van der Waals surface area contributed by atoms with Crippen LogP contribution in [0.3, 0.4) is 0 Å². The van der Waals surface area contributed by atoms with E-state index < -0.39 is 21.8 Å². The Balaban J connectivity index is 2.39. The molecule has 0 heterocycles. The predicted octanol–water partition coefficient (Wildman–Crippen LogP) is 3.40. The van der Waals surface area contributed by atoms with Crippen LogP contribution in [0.25, 0.3) is 0 Å². The van der Waals surface area contributed by atoms with E-state index >= 15 is 0 Å². The minimum atomic E-state index is -4.65. The number of benzene rings is 2. The van der Waals surface area contributed by atoms with Crippen LogP contribution >= 0.6 is 0 Å². The number of rotatable bonds is 7. The summed E-state index contributed by atoms with van der Waals surface area (Å²) in [5.41, 5.74) is -1.14. The molecule has 27 heavy (non-hydrogen) atoms. The molecule has 0 radical (unpaired) electrons. The third kappa shape index (κ3) is 5.35. The van der Waals surface area contributed by atoms with E-state index in [2.05, 4.69) is 4.72 Å². The van der Waals surface area contributed by atoms with Crippen molar-refractivity contribution in [1.82, 2.24) is 0 Å². The third-order valence-electron chi connectivity index (χ3n) is 3.39. The average Bonchev–Trinajstić information content (AvgIpc) is 2.62. The molecule has 0 saturated heterocycles. The summed E-state index contributed by atoms with van der Waals surface area (Å²) < 4.78 is 76.1. The lowest BCUT2D eigenvalue weighted by Crippen LogP contribution is -2.16. The highest BCUT2D eigenvalue weighted by Crippen LogP contribution is 2.36. The van der Waals surface area contributed by atoms with Crippen LogP contribution in [0.15, 0.2) is 47.4 Å². The molecule has 0 aliphatic heterocycles. The van der Waals surface area contributed by atoms with Gasteiger partial charge in [0.1, 0.15) is 12.4 Å². The van der Waals surface area contributed by atoms with Crippen LogP contribution in [0.1, 0.15) is 11.1 Å². The van der Waals surface area contributed by atoms with Gasteiger partial charge in [-0.25, -0.2) is 8.42 Å². The molecule has 0 aromatic heterocycles. The van der Waals surface area contributed by atoms with Crippen molar-refractivity contribution >= 4 is 15.7 Å². The molecule has 0 atom stereocenters. The van der Waals surface area contributed by atoms with Gasteiger partial charge < -0.3 is 9.47 Å². The van der Waals surface area contributed by atoms with Crippen molar-refractivity contribution in [3.05, 3.63) is 53.6 Å². The number of hydrogen-bond donors (Lipinski definition) is 1. The van der Waals surface area contributed by atoms with Crippen molar-refractivity contribution in [3.8, 4) is 11.8 Å². The summed E-state index contributed by atoms with van der Waals surface area (Å²) >= 11 is 0. The van der Waals surface area contributed by atoms with Crippen LogP contribution in [0, 0.1) is 11.3 Å². The largest absolute Gasteiger partial charge is 0.489 e. The van der Waals surface area contributed by atoms with E-state index in [4.69, 9.17) is 14.7 Å². The number of halogens is 3. The first-order chi connectivity index (χ1) is 12.7. The highest BCUT2D eigenvalue weighted by atomic mass is 32.2. The molecule has 0 aliphatic rings. The van der Waals surface area contributed by atoms with Crippen LogP contribution < -0.4 is 9.46 Å². The van der Waals surface area contributed by atoms with Gasteiger partial charge in [-0.3, -0.25) is 4.72 Å². The number of nitrogens with one attached hydrogen (secondary N) is 1. The molecule has 0 amide bonds. The summed E-state index contributed by atoms with van der Waals surface area (Å²) in [4.78, 5) is -0.207. The fourth-order valence-electron chi connectivity index (χ4n) is 2.06. The second-order valence-electron chi connectivity index (χ2n) is 5.29. The fourth-order valence-corrected chi connectivity index (χ4v) is 3.12. The SMILES string of the molecule is COCCOc1ccc(C(F)(F)F)cc1NS(=O)(=O)c1ccc(C#N)cc1. The van der Waals surface area contributed by atoms with Gasteiger partial charge in [0.2, 0.25) is 0 Å². The van der Waals surface area contributed by atoms with E-state index in [1.54, 1.807) is 0 Å². The van der Waals surface area contributed by atoms with Crippen LogP contribution in [-0.4, -0.2) is 28.7 Å². The van der Waals surface area contributed by atoms with Gasteiger partial charge in [-0.2, -0.15) is 18.4 Å². The first-order valence-electron chi connectivity index (χ1n) is 7.53. The van der Waals surface area contributed by atoms with Crippen molar-refractivity contribution < 1.29 is 31.1 Å². The smallest absolute Gasteiger partial charge is 0.416 e. The summed E-state index contributed by atoms with van der Waals surface area (Å²) in [5.74, 6) is -0.0720. The molecule has 0 spiro atoms. The molecule has 0 aliphatic carbocycles. The zero-order chi connectivity index (χ0) is 20.1. The molecule has 1 N–H and O–H groups in total. The Morgan fingerprint density at radius 1 is 1.11 bits per heavy atom.